The maximum absolute atomic E-state index is 14.5. The molecule has 4 aromatic rings. The van der Waals surface area contributed by atoms with E-state index in [1.807, 2.05) is 60.0 Å². The zero-order chi connectivity index (χ0) is 36.6. The van der Waals surface area contributed by atoms with Crippen LogP contribution in [-0.2, 0) is 34.5 Å². The van der Waals surface area contributed by atoms with Gasteiger partial charge in [0.15, 0.2) is 0 Å². The summed E-state index contributed by atoms with van der Waals surface area (Å²) in [5, 5.41) is 12.2. The highest BCUT2D eigenvalue weighted by molar-refractivity contribution is 7.89. The van der Waals surface area contributed by atoms with Crippen LogP contribution in [0.15, 0.2) is 137 Å². The molecule has 0 aliphatic carbocycles. The number of aromatic nitrogens is 2. The maximum Gasteiger partial charge on any atom is 0.244 e. The van der Waals surface area contributed by atoms with Gasteiger partial charge in [-0.3, -0.25) is 4.79 Å². The van der Waals surface area contributed by atoms with Crippen molar-refractivity contribution < 1.29 is 13.2 Å². The van der Waals surface area contributed by atoms with Gasteiger partial charge in [0.1, 0.15) is 6.04 Å². The highest BCUT2D eigenvalue weighted by Gasteiger charge is 2.36. The molecule has 0 aliphatic heterocycles. The largest absolute Gasteiger partial charge is 0.351 e. The number of sulfonamides is 1. The molecule has 4 rings (SSSR count). The number of nitriles is 1. The number of amides is 1. The molecule has 0 fully saturated rings. The Morgan fingerprint density at radius 3 is 2.14 bits per heavy atom. The number of imidazole rings is 1. The number of hydrogen-bond donors (Lipinski definition) is 1. The Bertz CT molecular complexity index is 1950. The van der Waals surface area contributed by atoms with Gasteiger partial charge < -0.3 is 9.88 Å². The van der Waals surface area contributed by atoms with Gasteiger partial charge in [-0.2, -0.15) is 9.57 Å². The van der Waals surface area contributed by atoms with E-state index in [-0.39, 0.29) is 30.3 Å². The third kappa shape index (κ3) is 12.1. The fraction of sp³-hybridized carbons (Fsp3) is 0.310. The molecule has 1 amide bonds. The van der Waals surface area contributed by atoms with Gasteiger partial charge in [-0.25, -0.2) is 13.4 Å². The summed E-state index contributed by atoms with van der Waals surface area (Å²) in [7, 11) is -4.14. The molecule has 1 N–H and O–H groups in total. The third-order valence-electron chi connectivity index (χ3n) is 8.67. The van der Waals surface area contributed by atoms with Gasteiger partial charge in [0, 0.05) is 19.3 Å². The number of carbonyl (C=O) groups is 1. The Morgan fingerprint density at radius 1 is 0.863 bits per heavy atom. The molecule has 266 valence electrons. The van der Waals surface area contributed by atoms with Crippen LogP contribution in [0, 0.1) is 11.3 Å². The Labute approximate surface area is 303 Å². The molecule has 0 saturated carbocycles. The summed E-state index contributed by atoms with van der Waals surface area (Å²) in [6.07, 6.45) is 13.7. The Balaban J connectivity index is 1.65. The van der Waals surface area contributed by atoms with E-state index < -0.39 is 16.1 Å². The molecule has 9 heteroatoms. The summed E-state index contributed by atoms with van der Waals surface area (Å²) < 4.78 is 32.2. The van der Waals surface area contributed by atoms with Crippen LogP contribution in [-0.4, -0.2) is 34.2 Å². The molecular formula is C42H49N5O3S. The summed E-state index contributed by atoms with van der Waals surface area (Å²) in [6.45, 7) is 9.03. The second kappa shape index (κ2) is 19.4. The van der Waals surface area contributed by atoms with Crippen LogP contribution >= 0.6 is 0 Å². The molecule has 1 heterocycles. The molecule has 8 nitrogen and oxygen atoms in total. The van der Waals surface area contributed by atoms with Crippen molar-refractivity contribution in [3.63, 3.8) is 0 Å². The van der Waals surface area contributed by atoms with Gasteiger partial charge in [0.2, 0.25) is 15.9 Å². The van der Waals surface area contributed by atoms with Crippen molar-refractivity contribution in [2.45, 2.75) is 90.4 Å². The second-order valence-corrected chi connectivity index (χ2v) is 15.0. The first kappa shape index (κ1) is 38.8. The SMILES string of the molecule is CC(C)=CCC/C(C)=C/CC/C(C)=C/CC(C(=O)NCc1ccccc1)N(Cc1cncn1Cc1ccc(C#N)cc1)S(=O)(=O)c1ccccc1. The summed E-state index contributed by atoms with van der Waals surface area (Å²) >= 11 is 0. The van der Waals surface area contributed by atoms with Crippen molar-refractivity contribution in [2.24, 2.45) is 0 Å². The van der Waals surface area contributed by atoms with Crippen LogP contribution in [0.4, 0.5) is 0 Å². The molecule has 3 aromatic carbocycles. The average Bonchev–Trinajstić information content (AvgIpc) is 3.57. The predicted octanol–water partition coefficient (Wildman–Crippen LogP) is 8.49. The molecular weight excluding hydrogens is 655 g/mol. The van der Waals surface area contributed by atoms with E-state index in [4.69, 9.17) is 0 Å². The standard InChI is InChI=1S/C42H49N5O3S/c1-33(2)13-11-14-34(3)15-12-16-35(4)21-26-41(42(48)45-28-37-17-7-5-8-18-37)47(51(49,50)40-19-9-6-10-20-40)31-39-29-44-32-46(39)30-38-24-22-36(27-43)23-25-38/h5-10,13,15,17-25,29,32,41H,11-12,14,16,26,28,30-31H2,1-4H3,(H,45,48)/b34-15+,35-21+. The first-order chi connectivity index (χ1) is 24.6. The third-order valence-corrected chi connectivity index (χ3v) is 10.5. The van der Waals surface area contributed by atoms with Crippen LogP contribution in [0.5, 0.6) is 0 Å². The quantitative estimate of drug-likeness (QED) is 0.105. The maximum atomic E-state index is 14.5. The van der Waals surface area contributed by atoms with Crippen LogP contribution in [0.1, 0.15) is 82.2 Å². The molecule has 0 bridgehead atoms. The summed E-state index contributed by atoms with van der Waals surface area (Å²) in [6, 6.07) is 26.2. The highest BCUT2D eigenvalue weighted by atomic mass is 32.2. The lowest BCUT2D eigenvalue weighted by atomic mass is 10.0. The van der Waals surface area contributed by atoms with Crippen LogP contribution in [0.3, 0.4) is 0 Å². The first-order valence-electron chi connectivity index (χ1n) is 17.4. The Morgan fingerprint density at radius 2 is 1.49 bits per heavy atom. The topological polar surface area (TPSA) is 108 Å². The number of allylic oxidation sites excluding steroid dienone is 5. The number of nitrogens with one attached hydrogen (secondary N) is 1. The zero-order valence-corrected chi connectivity index (χ0v) is 30.9. The predicted molar refractivity (Wildman–Crippen MR) is 204 cm³/mol. The van der Waals surface area contributed by atoms with Crippen molar-refractivity contribution in [1.82, 2.24) is 19.2 Å². The van der Waals surface area contributed by atoms with Crippen LogP contribution < -0.4 is 5.32 Å². The Hall–Kier alpha value is -5.04. The number of benzene rings is 3. The number of nitrogens with zero attached hydrogens (tertiary/aromatic N) is 4. The average molecular weight is 704 g/mol. The second-order valence-electron chi connectivity index (χ2n) is 13.1. The fourth-order valence-corrected chi connectivity index (χ4v) is 7.25. The number of carbonyl (C=O) groups excluding carboxylic acids is 1. The number of hydrogen-bond acceptors (Lipinski definition) is 5. The number of rotatable bonds is 18. The van der Waals surface area contributed by atoms with E-state index in [1.165, 1.54) is 15.5 Å². The molecule has 1 aromatic heterocycles. The first-order valence-corrected chi connectivity index (χ1v) is 18.8. The summed E-state index contributed by atoms with van der Waals surface area (Å²) in [4.78, 5) is 18.6. The van der Waals surface area contributed by atoms with E-state index in [2.05, 4.69) is 49.3 Å². The van der Waals surface area contributed by atoms with E-state index >= 15 is 0 Å². The lowest BCUT2D eigenvalue weighted by Gasteiger charge is -2.30. The lowest BCUT2D eigenvalue weighted by Crippen LogP contribution is -2.49. The van der Waals surface area contributed by atoms with Crippen molar-refractivity contribution in [3.8, 4) is 6.07 Å². The fourth-order valence-electron chi connectivity index (χ4n) is 5.66. The van der Waals surface area contributed by atoms with Gasteiger partial charge in [-0.1, -0.05) is 95.6 Å². The van der Waals surface area contributed by atoms with Crippen molar-refractivity contribution >= 4 is 15.9 Å². The van der Waals surface area contributed by atoms with Gasteiger partial charge in [-0.05, 0) is 95.2 Å². The van der Waals surface area contributed by atoms with E-state index in [1.54, 1.807) is 55.0 Å². The smallest absolute Gasteiger partial charge is 0.244 e. The van der Waals surface area contributed by atoms with E-state index in [9.17, 15) is 18.5 Å². The molecule has 51 heavy (non-hydrogen) atoms. The minimum atomic E-state index is -4.14. The van der Waals surface area contributed by atoms with Gasteiger partial charge in [-0.15, -0.1) is 0 Å². The molecule has 1 unspecified atom stereocenters. The van der Waals surface area contributed by atoms with Crippen molar-refractivity contribution in [1.29, 1.82) is 5.26 Å². The molecule has 0 aliphatic rings. The zero-order valence-electron chi connectivity index (χ0n) is 30.1. The van der Waals surface area contributed by atoms with Gasteiger partial charge in [0.05, 0.1) is 35.1 Å². The monoisotopic (exact) mass is 703 g/mol. The summed E-state index contributed by atoms with van der Waals surface area (Å²) in [5.41, 5.74) is 6.80. The van der Waals surface area contributed by atoms with Gasteiger partial charge in [0.25, 0.3) is 0 Å². The van der Waals surface area contributed by atoms with Crippen molar-refractivity contribution in [3.05, 3.63) is 155 Å². The summed E-state index contributed by atoms with van der Waals surface area (Å²) in [5.74, 6) is -0.379. The minimum Gasteiger partial charge on any atom is -0.351 e. The van der Waals surface area contributed by atoms with Crippen LogP contribution in [0.25, 0.3) is 0 Å². The van der Waals surface area contributed by atoms with E-state index in [0.29, 0.717) is 17.8 Å². The molecule has 0 spiro atoms. The van der Waals surface area contributed by atoms with Crippen LogP contribution in [0.2, 0.25) is 0 Å². The van der Waals surface area contributed by atoms with Gasteiger partial charge >= 0.3 is 0 Å². The van der Waals surface area contributed by atoms with Crippen molar-refractivity contribution in [2.75, 3.05) is 0 Å². The lowest BCUT2D eigenvalue weighted by molar-refractivity contribution is -0.125. The normalized spacial score (nSPS) is 12.7. The molecule has 1 atom stereocenters. The molecule has 0 radical (unpaired) electrons. The minimum absolute atomic E-state index is 0.0720. The van der Waals surface area contributed by atoms with E-state index in [0.717, 1.165) is 42.4 Å². The highest BCUT2D eigenvalue weighted by Crippen LogP contribution is 2.25. The Kier molecular flexibility index (Phi) is 14.7. The molecule has 0 saturated heterocycles.